The van der Waals surface area contributed by atoms with Crippen LogP contribution in [0.5, 0.6) is 0 Å². The van der Waals surface area contributed by atoms with Crippen molar-refractivity contribution in [3.63, 3.8) is 0 Å². The van der Waals surface area contributed by atoms with Gasteiger partial charge >= 0.3 is 12.2 Å². The van der Waals surface area contributed by atoms with Crippen LogP contribution < -0.4 is 20.7 Å². The Bertz CT molecular complexity index is 1510. The highest BCUT2D eigenvalue weighted by Crippen LogP contribution is 2.45. The molecule has 1 aromatic carbocycles. The molecule has 4 N–H and O–H groups in total. The number of sulfonamides is 1. The highest BCUT2D eigenvalue weighted by Gasteiger charge is 2.62. The van der Waals surface area contributed by atoms with E-state index in [2.05, 4.69) is 27.3 Å². The van der Waals surface area contributed by atoms with Crippen molar-refractivity contribution in [3.05, 3.63) is 42.5 Å². The lowest BCUT2D eigenvalue weighted by atomic mass is 10.1. The Kier molecular flexibility index (Phi) is 10.4. The Morgan fingerprint density at radius 1 is 1.17 bits per heavy atom. The lowest BCUT2D eigenvalue weighted by molar-refractivity contribution is -0.141. The molecular weight excluding hydrogens is 630 g/mol. The molecule has 0 radical (unpaired) electrons. The zero-order valence-corrected chi connectivity index (χ0v) is 27.3. The van der Waals surface area contributed by atoms with Crippen molar-refractivity contribution in [1.82, 2.24) is 20.3 Å². The maximum absolute atomic E-state index is 14.0. The second-order valence-corrected chi connectivity index (χ2v) is 14.7. The van der Waals surface area contributed by atoms with Gasteiger partial charge in [-0.05, 0) is 62.6 Å². The topological polar surface area (TPSA) is 189 Å². The highest BCUT2D eigenvalue weighted by molar-refractivity contribution is 7.91. The van der Waals surface area contributed by atoms with Gasteiger partial charge in [0.1, 0.15) is 23.7 Å². The number of ether oxygens (including phenoxy) is 2. The standard InChI is InChI=1S/C32H43N5O9S/c1-3-5-12-25-28(39)37-19-23(46-31(42)33-22-11-8-10-20(16-22)9-6-7-15-45-30(41)34-25)17-26(37)27(38)35-32(18-21(32)4-2)29(40)36-47(43,44)24-13-14-24/h4,8,10-11,16,21,23-26H,2-3,5-7,9,12-15,17-19H2,1H3,(H,33,42)(H,34,41)(H,35,38)(H,36,40)/t21-,23+,25-,26-,32+/m0/s1. The number of benzene rings is 1. The number of fused-ring (bicyclic) bond motifs is 4. The summed E-state index contributed by atoms with van der Waals surface area (Å²) in [6.45, 7) is 5.65. The normalized spacial score (nSPS) is 28.4. The Morgan fingerprint density at radius 2 is 1.96 bits per heavy atom. The third-order valence-electron chi connectivity index (χ3n) is 9.07. The molecule has 256 valence electrons. The van der Waals surface area contributed by atoms with E-state index in [1.165, 1.54) is 11.0 Å². The van der Waals surface area contributed by atoms with Gasteiger partial charge in [-0.1, -0.05) is 38.0 Å². The number of unbranched alkanes of at least 4 members (excludes halogenated alkanes) is 1. The number of carbonyl (C=O) groups is 5. The van der Waals surface area contributed by atoms with Gasteiger partial charge in [-0.3, -0.25) is 24.4 Å². The van der Waals surface area contributed by atoms with E-state index in [0.29, 0.717) is 37.8 Å². The minimum absolute atomic E-state index is 0.0905. The quantitative estimate of drug-likeness (QED) is 0.286. The van der Waals surface area contributed by atoms with Crippen LogP contribution in [0.3, 0.4) is 0 Å². The summed E-state index contributed by atoms with van der Waals surface area (Å²) in [5.41, 5.74) is -0.0714. The zero-order chi connectivity index (χ0) is 33.8. The summed E-state index contributed by atoms with van der Waals surface area (Å²) in [6.07, 6.45) is 3.61. The number of rotatable bonds is 9. The van der Waals surface area contributed by atoms with Crippen molar-refractivity contribution in [1.29, 1.82) is 0 Å². The van der Waals surface area contributed by atoms with Crippen molar-refractivity contribution >= 4 is 45.6 Å². The summed E-state index contributed by atoms with van der Waals surface area (Å²) in [4.78, 5) is 68.2. The number of nitrogens with one attached hydrogen (secondary N) is 4. The largest absolute Gasteiger partial charge is 0.450 e. The molecule has 0 aromatic heterocycles. The van der Waals surface area contributed by atoms with E-state index in [1.807, 2.05) is 19.1 Å². The predicted molar refractivity (Wildman–Crippen MR) is 170 cm³/mol. The summed E-state index contributed by atoms with van der Waals surface area (Å²) in [5, 5.41) is 7.42. The summed E-state index contributed by atoms with van der Waals surface area (Å²) in [7, 11) is -3.89. The van der Waals surface area contributed by atoms with Crippen molar-refractivity contribution in [2.24, 2.45) is 5.92 Å². The molecule has 0 spiro atoms. The number of hydrogen-bond acceptors (Lipinski definition) is 9. The molecule has 3 fully saturated rings. The second-order valence-electron chi connectivity index (χ2n) is 12.7. The molecule has 5 amide bonds. The Hall–Kier alpha value is -4.14. The number of nitrogens with zero attached hydrogens (tertiary/aromatic N) is 1. The van der Waals surface area contributed by atoms with E-state index < -0.39 is 74.8 Å². The molecule has 4 aliphatic rings. The SMILES string of the molecule is C=C[C@H]1C[C@]1(NC(=O)[C@@H]1C[C@@H]2CN1C(=O)[C@H](CCCC)NC(=O)OCCCCc1cccc(c1)NC(=O)O2)C(=O)NS(=O)(=O)C1CC1. The molecule has 5 atom stereocenters. The van der Waals surface area contributed by atoms with Crippen molar-refractivity contribution in [2.75, 3.05) is 18.5 Å². The number of alkyl carbamates (subject to hydrolysis) is 1. The van der Waals surface area contributed by atoms with Gasteiger partial charge in [0.2, 0.25) is 21.8 Å². The van der Waals surface area contributed by atoms with E-state index in [0.717, 1.165) is 18.4 Å². The van der Waals surface area contributed by atoms with Crippen LogP contribution in [0.4, 0.5) is 15.3 Å². The first-order chi connectivity index (χ1) is 22.5. The van der Waals surface area contributed by atoms with Crippen molar-refractivity contribution in [2.45, 2.75) is 100 Å². The number of anilines is 1. The molecule has 15 heteroatoms. The first-order valence-electron chi connectivity index (χ1n) is 16.3. The van der Waals surface area contributed by atoms with Crippen molar-refractivity contribution < 1.29 is 41.9 Å². The van der Waals surface area contributed by atoms with Gasteiger partial charge in [-0.2, -0.15) is 0 Å². The molecule has 4 bridgehead atoms. The van der Waals surface area contributed by atoms with E-state index in [9.17, 15) is 32.4 Å². The van der Waals surface area contributed by atoms with Gasteiger partial charge in [0.25, 0.3) is 5.91 Å². The maximum atomic E-state index is 14.0. The van der Waals surface area contributed by atoms with Gasteiger partial charge in [0.05, 0.1) is 18.4 Å². The molecule has 2 aliphatic carbocycles. The first-order valence-corrected chi connectivity index (χ1v) is 17.8. The second kappa shape index (κ2) is 14.3. The molecule has 2 aliphatic heterocycles. The monoisotopic (exact) mass is 673 g/mol. The van der Waals surface area contributed by atoms with E-state index in [-0.39, 0.29) is 32.4 Å². The minimum Gasteiger partial charge on any atom is -0.450 e. The van der Waals surface area contributed by atoms with Crippen LogP contribution >= 0.6 is 0 Å². The maximum Gasteiger partial charge on any atom is 0.411 e. The number of cyclic esters (lactones) is 1. The highest BCUT2D eigenvalue weighted by atomic mass is 32.2. The third-order valence-corrected chi connectivity index (χ3v) is 10.9. The predicted octanol–water partition coefficient (Wildman–Crippen LogP) is 2.50. The lowest BCUT2D eigenvalue weighted by Gasteiger charge is -2.29. The van der Waals surface area contributed by atoms with Crippen LogP contribution in [-0.2, 0) is 40.3 Å². The molecule has 47 heavy (non-hydrogen) atoms. The number of hydrogen-bond donors (Lipinski definition) is 4. The Labute approximate surface area is 274 Å². The minimum atomic E-state index is -3.89. The number of amides is 5. The van der Waals surface area contributed by atoms with Gasteiger partial charge < -0.3 is 25.0 Å². The fourth-order valence-corrected chi connectivity index (χ4v) is 7.51. The van der Waals surface area contributed by atoms with E-state index >= 15 is 0 Å². The summed E-state index contributed by atoms with van der Waals surface area (Å²) < 4.78 is 38.3. The molecule has 5 rings (SSSR count). The van der Waals surface area contributed by atoms with Gasteiger partial charge in [-0.15, -0.1) is 6.58 Å². The van der Waals surface area contributed by atoms with Gasteiger partial charge in [0.15, 0.2) is 0 Å². The van der Waals surface area contributed by atoms with Gasteiger partial charge in [-0.25, -0.2) is 18.0 Å². The van der Waals surface area contributed by atoms with Gasteiger partial charge in [0, 0.05) is 18.0 Å². The Balaban J connectivity index is 1.39. The number of carbonyl (C=O) groups excluding carboxylic acids is 5. The van der Waals surface area contributed by atoms with Crippen LogP contribution in [0.25, 0.3) is 0 Å². The smallest absolute Gasteiger partial charge is 0.411 e. The molecule has 2 saturated carbocycles. The summed E-state index contributed by atoms with van der Waals surface area (Å²) in [6, 6.07) is 5.05. The molecule has 14 nitrogen and oxygen atoms in total. The fraction of sp³-hybridized carbons (Fsp3) is 0.594. The molecule has 2 heterocycles. The van der Waals surface area contributed by atoms with E-state index in [1.54, 1.807) is 12.1 Å². The zero-order valence-electron chi connectivity index (χ0n) is 26.5. The van der Waals surface area contributed by atoms with Crippen molar-refractivity contribution in [3.8, 4) is 0 Å². The average molecular weight is 674 g/mol. The van der Waals surface area contributed by atoms with Crippen LogP contribution in [0.1, 0.15) is 70.3 Å². The molecular formula is C32H43N5O9S. The van der Waals surface area contributed by atoms with Crippen LogP contribution in [-0.4, -0.2) is 85.4 Å². The van der Waals surface area contributed by atoms with Crippen LogP contribution in [0.2, 0.25) is 0 Å². The summed E-state index contributed by atoms with van der Waals surface area (Å²) in [5.74, 6) is -2.68. The third kappa shape index (κ3) is 8.24. The van der Waals surface area contributed by atoms with E-state index in [4.69, 9.17) is 9.47 Å². The lowest BCUT2D eigenvalue weighted by Crippen LogP contribution is -2.58. The van der Waals surface area contributed by atoms with Crippen LogP contribution in [0, 0.1) is 5.92 Å². The first kappa shape index (κ1) is 34.2. The molecule has 1 aromatic rings. The fourth-order valence-electron chi connectivity index (χ4n) is 6.14. The summed E-state index contributed by atoms with van der Waals surface area (Å²) >= 11 is 0. The van der Waals surface area contributed by atoms with Crippen LogP contribution in [0.15, 0.2) is 36.9 Å². The average Bonchev–Trinajstić information content (AvgIpc) is 3.95. The molecule has 0 unspecified atom stereocenters. The number of aryl methyl sites for hydroxylation is 1. The molecule has 1 saturated heterocycles. The Morgan fingerprint density at radius 3 is 2.66 bits per heavy atom.